The highest BCUT2D eigenvalue weighted by molar-refractivity contribution is 5.72. The summed E-state index contributed by atoms with van der Waals surface area (Å²) in [5.74, 6) is -0.464. The minimum absolute atomic E-state index is 0.00145. The maximum atomic E-state index is 11.1. The third-order valence-corrected chi connectivity index (χ3v) is 3.21. The summed E-state index contributed by atoms with van der Waals surface area (Å²) in [6.45, 7) is 0.649. The molecular formula is C13H18N2O4. The first-order valence-corrected chi connectivity index (χ1v) is 6.17. The van der Waals surface area contributed by atoms with Crippen molar-refractivity contribution in [1.82, 2.24) is 9.88 Å². The lowest BCUT2D eigenvalue weighted by atomic mass is 10.1. The second-order valence-electron chi connectivity index (χ2n) is 4.61. The zero-order valence-electron chi connectivity index (χ0n) is 10.8. The van der Waals surface area contributed by atoms with E-state index in [1.54, 1.807) is 12.1 Å². The number of aromatic amines is 1. The Morgan fingerprint density at radius 2 is 2.21 bits per heavy atom. The minimum atomic E-state index is -0.464. The van der Waals surface area contributed by atoms with Crippen LogP contribution in [-0.2, 0) is 6.54 Å². The van der Waals surface area contributed by atoms with E-state index in [4.69, 9.17) is 9.52 Å². The molecular weight excluding hydrogens is 248 g/mol. The van der Waals surface area contributed by atoms with Crippen molar-refractivity contribution < 1.29 is 14.6 Å². The number of aliphatic hydroxyl groups excluding tert-OH is 2. The van der Waals surface area contributed by atoms with E-state index >= 15 is 0 Å². The predicted molar refractivity (Wildman–Crippen MR) is 70.9 cm³/mol. The smallest absolute Gasteiger partial charge is 0.408 e. The van der Waals surface area contributed by atoms with Crippen LogP contribution in [0.15, 0.2) is 27.4 Å². The van der Waals surface area contributed by atoms with Gasteiger partial charge >= 0.3 is 5.76 Å². The summed E-state index contributed by atoms with van der Waals surface area (Å²) in [4.78, 5) is 15.6. The largest absolute Gasteiger partial charge is 0.417 e. The van der Waals surface area contributed by atoms with Gasteiger partial charge in [0.25, 0.3) is 0 Å². The molecule has 0 amide bonds. The molecule has 0 saturated carbocycles. The van der Waals surface area contributed by atoms with E-state index < -0.39 is 5.76 Å². The summed E-state index contributed by atoms with van der Waals surface area (Å²) < 4.78 is 5.01. The molecule has 19 heavy (non-hydrogen) atoms. The molecule has 0 aliphatic heterocycles. The van der Waals surface area contributed by atoms with Crippen LogP contribution < -0.4 is 5.76 Å². The number of likely N-dealkylation sites (N-methyl/N-ethyl adjacent to an activating group) is 1. The van der Waals surface area contributed by atoms with Gasteiger partial charge < -0.3 is 14.6 Å². The zero-order chi connectivity index (χ0) is 13.8. The summed E-state index contributed by atoms with van der Waals surface area (Å²) in [5.41, 5.74) is 2.18. The standard InChI is InChI=1S/C13H18N2O4/c1-15(10(8-17)4-5-16)7-9-2-3-11-12(6-9)19-13(18)14-11/h2-3,6,10,16-17H,4-5,7-8H2,1H3,(H,14,18). The number of aromatic nitrogens is 1. The van der Waals surface area contributed by atoms with Gasteiger partial charge in [0.15, 0.2) is 5.58 Å². The number of benzene rings is 1. The monoisotopic (exact) mass is 266 g/mol. The van der Waals surface area contributed by atoms with Crippen LogP contribution in [0.5, 0.6) is 0 Å². The predicted octanol–water partition coefficient (Wildman–Crippen LogP) is 0.296. The molecule has 1 aromatic heterocycles. The third-order valence-electron chi connectivity index (χ3n) is 3.21. The van der Waals surface area contributed by atoms with Gasteiger partial charge in [-0.2, -0.15) is 0 Å². The van der Waals surface area contributed by atoms with E-state index in [2.05, 4.69) is 4.98 Å². The Hall–Kier alpha value is -1.63. The molecule has 0 aliphatic carbocycles. The number of hydrogen-bond donors (Lipinski definition) is 3. The molecule has 1 aromatic carbocycles. The Labute approximate surface area is 110 Å². The van der Waals surface area contributed by atoms with Crippen LogP contribution in [-0.4, -0.2) is 46.4 Å². The molecule has 0 aliphatic rings. The Kier molecular flexibility index (Phi) is 4.36. The van der Waals surface area contributed by atoms with Crippen LogP contribution in [0, 0.1) is 0 Å². The molecule has 1 heterocycles. The number of hydrogen-bond acceptors (Lipinski definition) is 5. The van der Waals surface area contributed by atoms with Crippen molar-refractivity contribution in [3.8, 4) is 0 Å². The second kappa shape index (κ2) is 6.01. The first kappa shape index (κ1) is 13.8. The minimum Gasteiger partial charge on any atom is -0.408 e. The fraction of sp³-hybridized carbons (Fsp3) is 0.462. The lowest BCUT2D eigenvalue weighted by molar-refractivity contribution is 0.115. The molecule has 1 unspecified atom stereocenters. The van der Waals surface area contributed by atoms with Crippen molar-refractivity contribution in [1.29, 1.82) is 0 Å². The van der Waals surface area contributed by atoms with E-state index in [0.29, 0.717) is 24.1 Å². The molecule has 0 bridgehead atoms. The summed E-state index contributed by atoms with van der Waals surface area (Å²) in [6, 6.07) is 5.41. The maximum Gasteiger partial charge on any atom is 0.417 e. The third kappa shape index (κ3) is 3.23. The highest BCUT2D eigenvalue weighted by Crippen LogP contribution is 2.15. The molecule has 6 heteroatoms. The molecule has 3 N–H and O–H groups in total. The number of fused-ring (bicyclic) bond motifs is 1. The summed E-state index contributed by atoms with van der Waals surface area (Å²) in [5, 5.41) is 18.2. The first-order valence-electron chi connectivity index (χ1n) is 6.17. The molecule has 2 rings (SSSR count). The lowest BCUT2D eigenvalue weighted by Gasteiger charge is -2.25. The fourth-order valence-electron chi connectivity index (χ4n) is 2.11. The first-order chi connectivity index (χ1) is 9.13. The van der Waals surface area contributed by atoms with Crippen LogP contribution in [0.4, 0.5) is 0 Å². The normalized spacial score (nSPS) is 13.3. The average molecular weight is 266 g/mol. The van der Waals surface area contributed by atoms with Gasteiger partial charge in [-0.1, -0.05) is 6.07 Å². The highest BCUT2D eigenvalue weighted by atomic mass is 16.4. The Morgan fingerprint density at radius 1 is 1.42 bits per heavy atom. The molecule has 0 saturated heterocycles. The van der Waals surface area contributed by atoms with E-state index in [0.717, 1.165) is 5.56 Å². The van der Waals surface area contributed by atoms with Crippen molar-refractivity contribution in [2.24, 2.45) is 0 Å². The molecule has 2 aromatic rings. The summed E-state index contributed by atoms with van der Waals surface area (Å²) in [6.07, 6.45) is 0.522. The number of nitrogens with one attached hydrogen (secondary N) is 1. The molecule has 0 fully saturated rings. The van der Waals surface area contributed by atoms with Crippen LogP contribution in [0.3, 0.4) is 0 Å². The summed E-state index contributed by atoms with van der Waals surface area (Å²) in [7, 11) is 1.88. The molecule has 0 spiro atoms. The summed E-state index contributed by atoms with van der Waals surface area (Å²) >= 11 is 0. The van der Waals surface area contributed by atoms with Gasteiger partial charge in [-0.3, -0.25) is 9.88 Å². The maximum absolute atomic E-state index is 11.1. The molecule has 6 nitrogen and oxygen atoms in total. The van der Waals surface area contributed by atoms with Crippen LogP contribution >= 0.6 is 0 Å². The number of nitrogens with zero attached hydrogens (tertiary/aromatic N) is 1. The number of rotatable bonds is 6. The topological polar surface area (TPSA) is 89.7 Å². The van der Waals surface area contributed by atoms with Gasteiger partial charge in [-0.25, -0.2) is 4.79 Å². The van der Waals surface area contributed by atoms with Gasteiger partial charge in [0.05, 0.1) is 12.1 Å². The quantitative estimate of drug-likeness (QED) is 0.699. The van der Waals surface area contributed by atoms with Gasteiger partial charge in [-0.05, 0) is 31.2 Å². The van der Waals surface area contributed by atoms with Crippen molar-refractivity contribution in [3.05, 3.63) is 34.3 Å². The van der Waals surface area contributed by atoms with E-state index in [-0.39, 0.29) is 19.3 Å². The van der Waals surface area contributed by atoms with Crippen molar-refractivity contribution >= 4 is 11.1 Å². The Balaban J connectivity index is 2.13. The van der Waals surface area contributed by atoms with E-state index in [1.165, 1.54) is 0 Å². The van der Waals surface area contributed by atoms with Gasteiger partial charge in [0.1, 0.15) is 0 Å². The van der Waals surface area contributed by atoms with Gasteiger partial charge in [-0.15, -0.1) is 0 Å². The van der Waals surface area contributed by atoms with Crippen molar-refractivity contribution in [3.63, 3.8) is 0 Å². The molecule has 104 valence electrons. The number of H-pyrrole nitrogens is 1. The number of aliphatic hydroxyl groups is 2. The second-order valence-corrected chi connectivity index (χ2v) is 4.61. The lowest BCUT2D eigenvalue weighted by Crippen LogP contribution is -2.35. The van der Waals surface area contributed by atoms with E-state index in [1.807, 2.05) is 18.0 Å². The van der Waals surface area contributed by atoms with Crippen LogP contribution in [0.25, 0.3) is 11.1 Å². The average Bonchev–Trinajstić information content (AvgIpc) is 2.75. The number of oxazole rings is 1. The highest BCUT2D eigenvalue weighted by Gasteiger charge is 2.14. The Morgan fingerprint density at radius 3 is 2.89 bits per heavy atom. The SMILES string of the molecule is CN(Cc1ccc2[nH]c(=O)oc2c1)C(CO)CCO. The van der Waals surface area contributed by atoms with Crippen molar-refractivity contribution in [2.75, 3.05) is 20.3 Å². The van der Waals surface area contributed by atoms with Crippen LogP contribution in [0.2, 0.25) is 0 Å². The van der Waals surface area contributed by atoms with Gasteiger partial charge in [0.2, 0.25) is 0 Å². The van der Waals surface area contributed by atoms with E-state index in [9.17, 15) is 9.90 Å². The fourth-order valence-corrected chi connectivity index (χ4v) is 2.11. The Bertz CT molecular complexity index is 590. The zero-order valence-corrected chi connectivity index (χ0v) is 10.8. The van der Waals surface area contributed by atoms with Crippen LogP contribution in [0.1, 0.15) is 12.0 Å². The van der Waals surface area contributed by atoms with Gasteiger partial charge in [0, 0.05) is 19.2 Å². The van der Waals surface area contributed by atoms with Crippen molar-refractivity contribution in [2.45, 2.75) is 19.0 Å². The molecule has 1 atom stereocenters. The molecule has 0 radical (unpaired) electrons.